The molecule has 1 N–H and O–H groups in total. The Morgan fingerprint density at radius 2 is 2.40 bits per heavy atom. The van der Waals surface area contributed by atoms with Gasteiger partial charge in [-0.25, -0.2) is 0 Å². The Bertz CT molecular complexity index is 228. The molecule has 1 aromatic rings. The summed E-state index contributed by atoms with van der Waals surface area (Å²) in [5.74, 6) is 0. The maximum Gasteiger partial charge on any atom is 0.0749 e. The van der Waals surface area contributed by atoms with Crippen molar-refractivity contribution in [3.63, 3.8) is 0 Å². The summed E-state index contributed by atoms with van der Waals surface area (Å²) in [6.45, 7) is 1.90. The van der Waals surface area contributed by atoms with Crippen LogP contribution in [0.4, 0.5) is 0 Å². The first-order valence-electron chi connectivity index (χ1n) is 2.93. The molecule has 0 fully saturated rings. The lowest BCUT2D eigenvalue weighted by Gasteiger charge is -1.90. The molecule has 10 heavy (non-hydrogen) atoms. The van der Waals surface area contributed by atoms with Crippen LogP contribution < -0.4 is 0 Å². The molecule has 3 heteroatoms. The van der Waals surface area contributed by atoms with Gasteiger partial charge in [-0.3, -0.25) is 4.98 Å². The maximum atomic E-state index is 8.13. The Hall–Kier alpha value is -1.38. The van der Waals surface area contributed by atoms with E-state index in [1.807, 2.05) is 19.1 Å². The van der Waals surface area contributed by atoms with Gasteiger partial charge < -0.3 is 5.21 Å². The van der Waals surface area contributed by atoms with Crippen molar-refractivity contribution in [3.8, 4) is 0 Å². The lowest BCUT2D eigenvalue weighted by Crippen LogP contribution is -1.84. The predicted octanol–water partition coefficient (Wildman–Crippen LogP) is 1.20. The average molecular weight is 136 g/mol. The second kappa shape index (κ2) is 2.96. The van der Waals surface area contributed by atoms with Gasteiger partial charge >= 0.3 is 0 Å². The molecule has 0 radical (unpaired) electrons. The summed E-state index contributed by atoms with van der Waals surface area (Å²) in [7, 11) is 0. The number of pyridine rings is 1. The molecule has 0 aliphatic rings. The third-order valence-corrected chi connectivity index (χ3v) is 1.14. The van der Waals surface area contributed by atoms with E-state index in [1.165, 1.54) is 6.21 Å². The van der Waals surface area contributed by atoms with Crippen LogP contribution in [0.5, 0.6) is 0 Å². The van der Waals surface area contributed by atoms with E-state index < -0.39 is 0 Å². The minimum Gasteiger partial charge on any atom is -0.411 e. The van der Waals surface area contributed by atoms with Crippen LogP contribution in [-0.2, 0) is 0 Å². The van der Waals surface area contributed by atoms with Gasteiger partial charge in [-0.1, -0.05) is 5.16 Å². The summed E-state index contributed by atoms with van der Waals surface area (Å²) in [6.07, 6.45) is 2.99. The first kappa shape index (κ1) is 6.74. The number of oxime groups is 1. The molecule has 0 aromatic carbocycles. The van der Waals surface area contributed by atoms with E-state index in [-0.39, 0.29) is 0 Å². The van der Waals surface area contributed by atoms with E-state index in [2.05, 4.69) is 10.1 Å². The lowest BCUT2D eigenvalue weighted by molar-refractivity contribution is 0.322. The molecule has 0 saturated heterocycles. The maximum absolute atomic E-state index is 8.13. The van der Waals surface area contributed by atoms with E-state index >= 15 is 0 Å². The van der Waals surface area contributed by atoms with Crippen molar-refractivity contribution in [2.75, 3.05) is 0 Å². The summed E-state index contributed by atoms with van der Waals surface area (Å²) < 4.78 is 0. The number of hydrogen-bond acceptors (Lipinski definition) is 3. The van der Waals surface area contributed by atoms with Gasteiger partial charge in [0, 0.05) is 17.5 Å². The molecule has 0 aliphatic carbocycles. The van der Waals surface area contributed by atoms with Crippen LogP contribution in [-0.4, -0.2) is 16.4 Å². The first-order chi connectivity index (χ1) is 4.83. The highest BCUT2D eigenvalue weighted by molar-refractivity contribution is 5.78. The van der Waals surface area contributed by atoms with E-state index in [9.17, 15) is 0 Å². The van der Waals surface area contributed by atoms with Gasteiger partial charge in [0.15, 0.2) is 0 Å². The van der Waals surface area contributed by atoms with E-state index in [0.29, 0.717) is 0 Å². The van der Waals surface area contributed by atoms with E-state index in [4.69, 9.17) is 5.21 Å². The number of rotatable bonds is 1. The molecule has 1 rings (SSSR count). The zero-order chi connectivity index (χ0) is 7.40. The number of aromatic nitrogens is 1. The Morgan fingerprint density at radius 1 is 1.60 bits per heavy atom. The quantitative estimate of drug-likeness (QED) is 0.358. The summed E-state index contributed by atoms with van der Waals surface area (Å²) >= 11 is 0. The van der Waals surface area contributed by atoms with Crippen molar-refractivity contribution in [2.45, 2.75) is 6.92 Å². The smallest absolute Gasteiger partial charge is 0.0749 e. The van der Waals surface area contributed by atoms with Gasteiger partial charge in [0.2, 0.25) is 0 Å². The molecule has 0 unspecified atom stereocenters. The van der Waals surface area contributed by atoms with Gasteiger partial charge in [0.1, 0.15) is 0 Å². The van der Waals surface area contributed by atoms with Crippen molar-refractivity contribution < 1.29 is 5.21 Å². The standard InChI is InChI=1S/C7H8N2O/c1-6-2-3-7(4-8-6)5-9-10/h2-5,10H,1H3/b9-5-. The molecule has 1 heterocycles. The first-order valence-corrected chi connectivity index (χ1v) is 2.93. The predicted molar refractivity (Wildman–Crippen MR) is 38.4 cm³/mol. The zero-order valence-electron chi connectivity index (χ0n) is 5.65. The number of aryl methyl sites for hydroxylation is 1. The SMILES string of the molecule is Cc1ccc(/C=N\O)cn1. The second-order valence-electron chi connectivity index (χ2n) is 1.98. The fraction of sp³-hybridized carbons (Fsp3) is 0.143. The van der Waals surface area contributed by atoms with Crippen molar-refractivity contribution >= 4 is 6.21 Å². The van der Waals surface area contributed by atoms with Crippen LogP contribution in [0.25, 0.3) is 0 Å². The molecule has 0 atom stereocenters. The van der Waals surface area contributed by atoms with Crippen LogP contribution in [0.2, 0.25) is 0 Å². The number of nitrogens with zero attached hydrogens (tertiary/aromatic N) is 2. The highest BCUT2D eigenvalue weighted by Crippen LogP contribution is 1.94. The normalized spacial score (nSPS) is 10.5. The van der Waals surface area contributed by atoms with Crippen molar-refractivity contribution in [1.29, 1.82) is 0 Å². The molecule has 0 bridgehead atoms. The highest BCUT2D eigenvalue weighted by atomic mass is 16.4. The van der Waals surface area contributed by atoms with Gasteiger partial charge in [-0.05, 0) is 19.1 Å². The summed E-state index contributed by atoms with van der Waals surface area (Å²) in [5.41, 5.74) is 1.75. The largest absolute Gasteiger partial charge is 0.411 e. The van der Waals surface area contributed by atoms with Crippen molar-refractivity contribution in [2.24, 2.45) is 5.16 Å². The fourth-order valence-electron chi connectivity index (χ4n) is 0.622. The molecule has 0 amide bonds. The molecule has 0 saturated carbocycles. The highest BCUT2D eigenvalue weighted by Gasteiger charge is 1.86. The molecule has 1 aromatic heterocycles. The monoisotopic (exact) mass is 136 g/mol. The van der Waals surface area contributed by atoms with Crippen LogP contribution in [0.15, 0.2) is 23.5 Å². The van der Waals surface area contributed by atoms with Crippen LogP contribution in [0.3, 0.4) is 0 Å². The van der Waals surface area contributed by atoms with Gasteiger partial charge in [0.25, 0.3) is 0 Å². The average Bonchev–Trinajstić information content (AvgIpc) is 1.95. The summed E-state index contributed by atoms with van der Waals surface area (Å²) in [6, 6.07) is 3.69. The van der Waals surface area contributed by atoms with Crippen LogP contribution in [0.1, 0.15) is 11.3 Å². The molecule has 0 spiro atoms. The minimum absolute atomic E-state index is 0.799. The molecular formula is C7H8N2O. The van der Waals surface area contributed by atoms with E-state index in [0.717, 1.165) is 11.3 Å². The van der Waals surface area contributed by atoms with Gasteiger partial charge in [-0.2, -0.15) is 0 Å². The molecular weight excluding hydrogens is 128 g/mol. The van der Waals surface area contributed by atoms with Crippen molar-refractivity contribution in [1.82, 2.24) is 4.98 Å². The summed E-state index contributed by atoms with van der Waals surface area (Å²) in [4.78, 5) is 4.00. The third-order valence-electron chi connectivity index (χ3n) is 1.14. The van der Waals surface area contributed by atoms with Crippen LogP contribution >= 0.6 is 0 Å². The zero-order valence-corrected chi connectivity index (χ0v) is 5.65. The lowest BCUT2D eigenvalue weighted by atomic mass is 10.3. The fourth-order valence-corrected chi connectivity index (χ4v) is 0.622. The van der Waals surface area contributed by atoms with E-state index in [1.54, 1.807) is 6.20 Å². The van der Waals surface area contributed by atoms with Crippen molar-refractivity contribution in [3.05, 3.63) is 29.6 Å². The Labute approximate surface area is 59.0 Å². The minimum atomic E-state index is 0.799. The topological polar surface area (TPSA) is 45.5 Å². The molecule has 3 nitrogen and oxygen atoms in total. The Morgan fingerprint density at radius 3 is 2.90 bits per heavy atom. The van der Waals surface area contributed by atoms with Gasteiger partial charge in [-0.15, -0.1) is 0 Å². The Kier molecular flexibility index (Phi) is 1.99. The van der Waals surface area contributed by atoms with Crippen LogP contribution in [0, 0.1) is 6.92 Å². The Balaban J connectivity index is 2.89. The molecule has 0 aliphatic heterocycles. The molecule has 52 valence electrons. The summed E-state index contributed by atoms with van der Waals surface area (Å²) in [5, 5.41) is 11.0. The number of hydrogen-bond donors (Lipinski definition) is 1. The third kappa shape index (κ3) is 1.55. The second-order valence-corrected chi connectivity index (χ2v) is 1.98. The van der Waals surface area contributed by atoms with Gasteiger partial charge in [0.05, 0.1) is 6.21 Å².